The van der Waals surface area contributed by atoms with Gasteiger partial charge in [-0.15, -0.1) is 0 Å². The Bertz CT molecular complexity index is 762. The van der Waals surface area contributed by atoms with Gasteiger partial charge in [0.15, 0.2) is 0 Å². The van der Waals surface area contributed by atoms with Gasteiger partial charge in [-0.25, -0.2) is 0 Å². The summed E-state index contributed by atoms with van der Waals surface area (Å²) in [7, 11) is -1.59. The van der Waals surface area contributed by atoms with Gasteiger partial charge in [0.1, 0.15) is 11.5 Å². The molecule has 0 N–H and O–H groups in total. The molecule has 2 aromatic carbocycles. The molecule has 2 aromatic rings. The molecule has 4 nitrogen and oxygen atoms in total. The number of hydrogen-bond donors (Lipinski definition) is 0. The van der Waals surface area contributed by atoms with Gasteiger partial charge in [-0.1, -0.05) is 159 Å². The van der Waals surface area contributed by atoms with Crippen molar-refractivity contribution in [2.45, 2.75) is 142 Å². The summed E-state index contributed by atoms with van der Waals surface area (Å²) < 4.78 is 24.9. The minimum atomic E-state index is -1.59. The van der Waals surface area contributed by atoms with Crippen LogP contribution in [0.15, 0.2) is 60.7 Å². The van der Waals surface area contributed by atoms with Gasteiger partial charge in [0.25, 0.3) is 0 Å². The standard InChI is InChI=1S/C36H59O4P/c1-3-5-7-9-11-13-14-16-18-26-32-37-36(31-21-17-15-12-10-8-6-4-2)33-38-41(39-34-27-22-19-23-28-34)40-35-29-24-20-25-30-35/h19-20,22-25,27-30,36H,3-18,21,26,31-33H2,1-2H3. The average Bonchev–Trinajstić information content (AvgIpc) is 3.00. The van der Waals surface area contributed by atoms with E-state index < -0.39 is 8.60 Å². The van der Waals surface area contributed by atoms with E-state index in [4.69, 9.17) is 18.3 Å². The first-order chi connectivity index (χ1) is 20.3. The Morgan fingerprint density at radius 3 is 1.39 bits per heavy atom. The maximum atomic E-state index is 6.40. The van der Waals surface area contributed by atoms with E-state index in [1.807, 2.05) is 60.7 Å². The normalized spacial score (nSPS) is 12.1. The molecular formula is C36H59O4P. The Hall–Kier alpha value is -1.61. The van der Waals surface area contributed by atoms with Crippen LogP contribution in [0, 0.1) is 0 Å². The average molecular weight is 587 g/mol. The summed E-state index contributed by atoms with van der Waals surface area (Å²) in [5, 5.41) is 0. The highest BCUT2D eigenvalue weighted by Crippen LogP contribution is 2.41. The molecule has 0 aliphatic rings. The number of benzene rings is 2. The predicted octanol–water partition coefficient (Wildman–Crippen LogP) is 12.2. The van der Waals surface area contributed by atoms with E-state index in [-0.39, 0.29) is 6.10 Å². The third-order valence-corrected chi connectivity index (χ3v) is 8.52. The van der Waals surface area contributed by atoms with Crippen molar-refractivity contribution in [3.8, 4) is 11.5 Å². The van der Waals surface area contributed by atoms with E-state index in [1.54, 1.807) is 0 Å². The predicted molar refractivity (Wildman–Crippen MR) is 176 cm³/mol. The molecule has 0 aromatic heterocycles. The van der Waals surface area contributed by atoms with Crippen molar-refractivity contribution in [1.29, 1.82) is 0 Å². The Morgan fingerprint density at radius 1 is 0.512 bits per heavy atom. The highest BCUT2D eigenvalue weighted by Gasteiger charge is 2.21. The van der Waals surface area contributed by atoms with Crippen molar-refractivity contribution in [2.24, 2.45) is 0 Å². The summed E-state index contributed by atoms with van der Waals surface area (Å²) >= 11 is 0. The minimum absolute atomic E-state index is 0.0670. The van der Waals surface area contributed by atoms with Crippen molar-refractivity contribution in [3.63, 3.8) is 0 Å². The molecule has 0 fully saturated rings. The van der Waals surface area contributed by atoms with Crippen molar-refractivity contribution in [3.05, 3.63) is 60.7 Å². The molecule has 0 aliphatic heterocycles. The molecule has 2 rings (SSSR count). The van der Waals surface area contributed by atoms with E-state index in [9.17, 15) is 0 Å². The Morgan fingerprint density at radius 2 is 0.927 bits per heavy atom. The SMILES string of the molecule is CCCCCCCCCCCCOC(CCCCCCCCCC)COP(Oc1ccccc1)Oc1ccccc1. The smallest absolute Gasteiger partial charge is 0.418 e. The summed E-state index contributed by atoms with van der Waals surface area (Å²) in [5.74, 6) is 1.50. The number of ether oxygens (including phenoxy) is 1. The van der Waals surface area contributed by atoms with Crippen LogP contribution in [0.5, 0.6) is 11.5 Å². The van der Waals surface area contributed by atoms with E-state index >= 15 is 0 Å². The first kappa shape index (κ1) is 35.6. The lowest BCUT2D eigenvalue weighted by Crippen LogP contribution is -2.21. The van der Waals surface area contributed by atoms with E-state index in [0.717, 1.165) is 30.9 Å². The van der Waals surface area contributed by atoms with Crippen LogP contribution in [-0.4, -0.2) is 19.3 Å². The summed E-state index contributed by atoms with van der Waals surface area (Å²) in [6.07, 6.45) is 25.0. The van der Waals surface area contributed by atoms with Crippen LogP contribution in [-0.2, 0) is 9.26 Å². The third kappa shape index (κ3) is 20.0. The quantitative estimate of drug-likeness (QED) is 0.0734. The topological polar surface area (TPSA) is 36.9 Å². The fraction of sp³-hybridized carbons (Fsp3) is 0.667. The van der Waals surface area contributed by atoms with Gasteiger partial charge in [0.05, 0.1) is 12.7 Å². The molecule has 0 aliphatic carbocycles. The van der Waals surface area contributed by atoms with Gasteiger partial charge < -0.3 is 13.8 Å². The molecule has 0 saturated carbocycles. The monoisotopic (exact) mass is 586 g/mol. The molecule has 0 amide bonds. The van der Waals surface area contributed by atoms with Crippen LogP contribution in [0.3, 0.4) is 0 Å². The highest BCUT2D eigenvalue weighted by atomic mass is 31.2. The third-order valence-electron chi connectivity index (χ3n) is 7.44. The second-order valence-electron chi connectivity index (χ2n) is 11.3. The first-order valence-electron chi connectivity index (χ1n) is 16.8. The molecule has 0 spiro atoms. The molecule has 5 heteroatoms. The minimum Gasteiger partial charge on any atom is -0.418 e. The number of hydrogen-bond acceptors (Lipinski definition) is 4. The van der Waals surface area contributed by atoms with Crippen molar-refractivity contribution >= 4 is 8.60 Å². The molecule has 41 heavy (non-hydrogen) atoms. The highest BCUT2D eigenvalue weighted by molar-refractivity contribution is 7.42. The molecule has 0 saturated heterocycles. The van der Waals surface area contributed by atoms with Gasteiger partial charge in [-0.2, -0.15) is 0 Å². The fourth-order valence-electron chi connectivity index (χ4n) is 4.91. The zero-order valence-corrected chi connectivity index (χ0v) is 27.2. The maximum Gasteiger partial charge on any atom is 0.463 e. The zero-order chi connectivity index (χ0) is 29.1. The molecule has 1 unspecified atom stereocenters. The lowest BCUT2D eigenvalue weighted by Gasteiger charge is -2.22. The lowest BCUT2D eigenvalue weighted by molar-refractivity contribution is 0.00988. The second-order valence-corrected chi connectivity index (χ2v) is 12.3. The fourth-order valence-corrected chi connectivity index (χ4v) is 5.93. The lowest BCUT2D eigenvalue weighted by atomic mass is 10.1. The van der Waals surface area contributed by atoms with E-state index in [0.29, 0.717) is 6.61 Å². The van der Waals surface area contributed by atoms with Crippen molar-refractivity contribution < 1.29 is 18.3 Å². The van der Waals surface area contributed by atoms with Crippen LogP contribution >= 0.6 is 8.60 Å². The zero-order valence-electron chi connectivity index (χ0n) is 26.3. The van der Waals surface area contributed by atoms with Gasteiger partial charge in [-0.3, -0.25) is 4.52 Å². The van der Waals surface area contributed by atoms with Crippen LogP contribution in [0.1, 0.15) is 136 Å². The van der Waals surface area contributed by atoms with Crippen LogP contribution in [0.4, 0.5) is 0 Å². The van der Waals surface area contributed by atoms with Gasteiger partial charge >= 0.3 is 8.60 Å². The van der Waals surface area contributed by atoms with Gasteiger partial charge in [0, 0.05) is 6.61 Å². The maximum absolute atomic E-state index is 6.40. The number of para-hydroxylation sites is 2. The van der Waals surface area contributed by atoms with Crippen LogP contribution in [0.2, 0.25) is 0 Å². The van der Waals surface area contributed by atoms with E-state index in [2.05, 4.69) is 13.8 Å². The van der Waals surface area contributed by atoms with Crippen LogP contribution < -0.4 is 9.05 Å². The molecule has 1 atom stereocenters. The molecule has 0 heterocycles. The van der Waals surface area contributed by atoms with Gasteiger partial charge in [-0.05, 0) is 37.1 Å². The Balaban J connectivity index is 1.77. The Kier molecular flexibility index (Phi) is 22.6. The summed E-state index contributed by atoms with van der Waals surface area (Å²) in [4.78, 5) is 0. The molecular weight excluding hydrogens is 527 g/mol. The van der Waals surface area contributed by atoms with Crippen molar-refractivity contribution in [2.75, 3.05) is 13.2 Å². The summed E-state index contributed by atoms with van der Waals surface area (Å²) in [5.41, 5.74) is 0. The number of rotatable bonds is 28. The van der Waals surface area contributed by atoms with Crippen molar-refractivity contribution in [1.82, 2.24) is 0 Å². The largest absolute Gasteiger partial charge is 0.463 e. The van der Waals surface area contributed by atoms with Gasteiger partial charge in [0.2, 0.25) is 0 Å². The first-order valence-corrected chi connectivity index (χ1v) is 17.9. The van der Waals surface area contributed by atoms with E-state index in [1.165, 1.54) is 109 Å². The molecule has 0 radical (unpaired) electrons. The van der Waals surface area contributed by atoms with Crippen LogP contribution in [0.25, 0.3) is 0 Å². The molecule has 232 valence electrons. The number of unbranched alkanes of at least 4 members (excludes halogenated alkanes) is 16. The molecule has 0 bridgehead atoms. The Labute approximate surface area is 253 Å². The summed E-state index contributed by atoms with van der Waals surface area (Å²) in [6.45, 7) is 5.85. The second kappa shape index (κ2) is 26.1. The summed E-state index contributed by atoms with van der Waals surface area (Å²) in [6, 6.07) is 19.6.